The van der Waals surface area contributed by atoms with Crippen molar-refractivity contribution in [2.45, 2.75) is 26.3 Å². The fourth-order valence-electron chi connectivity index (χ4n) is 1.12. The van der Waals surface area contributed by atoms with Gasteiger partial charge < -0.3 is 9.47 Å². The molecule has 0 spiro atoms. The molecule has 0 aliphatic rings. The molecule has 0 aromatic carbocycles. The first kappa shape index (κ1) is 11.9. The van der Waals surface area contributed by atoms with E-state index in [1.165, 1.54) is 0 Å². The summed E-state index contributed by atoms with van der Waals surface area (Å²) in [6.45, 7) is 3.53. The first-order valence-corrected chi connectivity index (χ1v) is 4.87. The molecule has 0 aliphatic heterocycles. The molecule has 1 aromatic rings. The zero-order chi connectivity index (χ0) is 11.1. The highest BCUT2D eigenvalue weighted by Crippen LogP contribution is 1.99. The van der Waals surface area contributed by atoms with E-state index < -0.39 is 0 Å². The Morgan fingerprint density at radius 3 is 2.80 bits per heavy atom. The van der Waals surface area contributed by atoms with Crippen LogP contribution in [0.1, 0.15) is 12.5 Å². The zero-order valence-corrected chi connectivity index (χ0v) is 9.38. The molecule has 1 aromatic heterocycles. The molecule has 0 radical (unpaired) electrons. The molecule has 0 saturated carbocycles. The summed E-state index contributed by atoms with van der Waals surface area (Å²) in [5.74, 6) is 0. The summed E-state index contributed by atoms with van der Waals surface area (Å²) in [5, 5.41) is 4.15. The van der Waals surface area contributed by atoms with E-state index >= 15 is 0 Å². The van der Waals surface area contributed by atoms with Crippen LogP contribution in [0.3, 0.4) is 0 Å². The Balaban J connectivity index is 2.42. The van der Waals surface area contributed by atoms with Crippen molar-refractivity contribution in [1.82, 2.24) is 9.78 Å². The topological polar surface area (TPSA) is 48.6 Å². The molecular weight excluding hydrogens is 194 g/mol. The lowest BCUT2D eigenvalue weighted by Crippen LogP contribution is -2.14. The Bertz CT molecular complexity index is 305. The zero-order valence-electron chi connectivity index (χ0n) is 9.38. The second kappa shape index (κ2) is 6.31. The van der Waals surface area contributed by atoms with Crippen molar-refractivity contribution in [3.05, 3.63) is 18.0 Å². The van der Waals surface area contributed by atoms with Gasteiger partial charge in [0.1, 0.15) is 0 Å². The SMILES string of the molecule is CCn1cc(CN=CC(OC)OC)cn1. The molecule has 1 heterocycles. The highest BCUT2D eigenvalue weighted by molar-refractivity contribution is 5.61. The molecule has 0 unspecified atom stereocenters. The minimum Gasteiger partial charge on any atom is -0.351 e. The summed E-state index contributed by atoms with van der Waals surface area (Å²) in [4.78, 5) is 4.20. The maximum atomic E-state index is 4.97. The number of hydrogen-bond donors (Lipinski definition) is 0. The van der Waals surface area contributed by atoms with E-state index in [9.17, 15) is 0 Å². The molecule has 5 nitrogen and oxygen atoms in total. The number of ether oxygens (including phenoxy) is 2. The Morgan fingerprint density at radius 2 is 2.27 bits per heavy atom. The van der Waals surface area contributed by atoms with Gasteiger partial charge in [-0.25, -0.2) is 0 Å². The van der Waals surface area contributed by atoms with Gasteiger partial charge >= 0.3 is 0 Å². The van der Waals surface area contributed by atoms with Crippen LogP contribution in [0.5, 0.6) is 0 Å². The number of nitrogens with zero attached hydrogens (tertiary/aromatic N) is 3. The van der Waals surface area contributed by atoms with E-state index in [2.05, 4.69) is 10.1 Å². The monoisotopic (exact) mass is 211 g/mol. The largest absolute Gasteiger partial charge is 0.351 e. The summed E-state index contributed by atoms with van der Waals surface area (Å²) in [6.07, 6.45) is 5.07. The Kier molecular flexibility index (Phi) is 5.00. The fraction of sp³-hybridized carbons (Fsp3) is 0.600. The van der Waals surface area contributed by atoms with Gasteiger partial charge in [0, 0.05) is 32.5 Å². The van der Waals surface area contributed by atoms with Crippen LogP contribution in [0.15, 0.2) is 17.4 Å². The van der Waals surface area contributed by atoms with Crippen molar-refractivity contribution >= 4 is 6.21 Å². The van der Waals surface area contributed by atoms with E-state index in [4.69, 9.17) is 9.47 Å². The smallest absolute Gasteiger partial charge is 0.193 e. The minimum absolute atomic E-state index is 0.369. The van der Waals surface area contributed by atoms with Gasteiger partial charge in [-0.1, -0.05) is 0 Å². The van der Waals surface area contributed by atoms with Crippen LogP contribution < -0.4 is 0 Å². The third-order valence-corrected chi connectivity index (χ3v) is 1.98. The third-order valence-electron chi connectivity index (χ3n) is 1.98. The standard InChI is InChI=1S/C10H17N3O2/c1-4-13-8-9(6-12-13)5-11-7-10(14-2)15-3/h6-8,10H,4-5H2,1-3H3. The van der Waals surface area contributed by atoms with Crippen molar-refractivity contribution in [3.63, 3.8) is 0 Å². The van der Waals surface area contributed by atoms with Gasteiger partial charge in [-0.15, -0.1) is 0 Å². The molecule has 0 atom stereocenters. The van der Waals surface area contributed by atoms with Gasteiger partial charge in [0.05, 0.1) is 19.0 Å². The van der Waals surface area contributed by atoms with Gasteiger partial charge in [-0.05, 0) is 6.92 Å². The molecule has 5 heteroatoms. The summed E-state index contributed by atoms with van der Waals surface area (Å²) in [7, 11) is 3.16. The van der Waals surface area contributed by atoms with E-state index in [0.29, 0.717) is 6.54 Å². The lowest BCUT2D eigenvalue weighted by molar-refractivity contribution is -0.0485. The predicted octanol–water partition coefficient (Wildman–Crippen LogP) is 1.09. The number of methoxy groups -OCH3 is 2. The quantitative estimate of drug-likeness (QED) is 0.523. The Hall–Kier alpha value is -1.20. The van der Waals surface area contributed by atoms with Crippen LogP contribution >= 0.6 is 0 Å². The number of hydrogen-bond acceptors (Lipinski definition) is 4. The molecule has 0 aliphatic carbocycles. The lowest BCUT2D eigenvalue weighted by atomic mass is 10.4. The number of rotatable bonds is 6. The molecule has 0 amide bonds. The molecule has 0 saturated heterocycles. The summed E-state index contributed by atoms with van der Waals surface area (Å²) >= 11 is 0. The Labute approximate surface area is 89.7 Å². The number of aromatic nitrogens is 2. The van der Waals surface area contributed by atoms with Crippen LogP contribution in [0.2, 0.25) is 0 Å². The fourth-order valence-corrected chi connectivity index (χ4v) is 1.12. The van der Waals surface area contributed by atoms with E-state index in [1.807, 2.05) is 24.0 Å². The molecular formula is C10H17N3O2. The van der Waals surface area contributed by atoms with E-state index in [1.54, 1.807) is 20.4 Å². The highest BCUT2D eigenvalue weighted by Gasteiger charge is 1.99. The van der Waals surface area contributed by atoms with Crippen molar-refractivity contribution in [3.8, 4) is 0 Å². The van der Waals surface area contributed by atoms with Gasteiger partial charge in [0.2, 0.25) is 0 Å². The first-order chi connectivity index (χ1) is 7.30. The molecule has 84 valence electrons. The molecule has 0 N–H and O–H groups in total. The number of aryl methyl sites for hydroxylation is 1. The normalized spacial score (nSPS) is 11.7. The lowest BCUT2D eigenvalue weighted by Gasteiger charge is -2.05. The summed E-state index contributed by atoms with van der Waals surface area (Å²) in [6, 6.07) is 0. The van der Waals surface area contributed by atoms with Crippen molar-refractivity contribution in [2.75, 3.05) is 14.2 Å². The second-order valence-electron chi connectivity index (χ2n) is 3.03. The predicted molar refractivity (Wildman–Crippen MR) is 57.9 cm³/mol. The molecule has 0 fully saturated rings. The highest BCUT2D eigenvalue weighted by atomic mass is 16.7. The van der Waals surface area contributed by atoms with Crippen LogP contribution in [0, 0.1) is 0 Å². The van der Waals surface area contributed by atoms with E-state index in [-0.39, 0.29) is 6.29 Å². The molecule has 0 bridgehead atoms. The van der Waals surface area contributed by atoms with Gasteiger partial charge in [-0.3, -0.25) is 9.67 Å². The van der Waals surface area contributed by atoms with Gasteiger partial charge in [-0.2, -0.15) is 5.10 Å². The molecule has 15 heavy (non-hydrogen) atoms. The van der Waals surface area contributed by atoms with Crippen molar-refractivity contribution < 1.29 is 9.47 Å². The summed E-state index contributed by atoms with van der Waals surface area (Å²) < 4.78 is 11.8. The van der Waals surface area contributed by atoms with Crippen LogP contribution in [-0.4, -0.2) is 36.5 Å². The van der Waals surface area contributed by atoms with Crippen LogP contribution in [0.4, 0.5) is 0 Å². The third kappa shape index (κ3) is 3.81. The van der Waals surface area contributed by atoms with Crippen LogP contribution in [0.25, 0.3) is 0 Å². The minimum atomic E-state index is -0.369. The maximum Gasteiger partial charge on any atom is 0.193 e. The average molecular weight is 211 g/mol. The van der Waals surface area contributed by atoms with Gasteiger partial charge in [0.25, 0.3) is 0 Å². The van der Waals surface area contributed by atoms with E-state index in [0.717, 1.165) is 12.1 Å². The van der Waals surface area contributed by atoms with Crippen LogP contribution in [-0.2, 0) is 22.6 Å². The van der Waals surface area contributed by atoms with Crippen molar-refractivity contribution in [1.29, 1.82) is 0 Å². The first-order valence-electron chi connectivity index (χ1n) is 4.87. The molecule has 1 rings (SSSR count). The Morgan fingerprint density at radius 1 is 1.53 bits per heavy atom. The summed E-state index contributed by atoms with van der Waals surface area (Å²) in [5.41, 5.74) is 1.08. The average Bonchev–Trinajstić information content (AvgIpc) is 2.72. The van der Waals surface area contributed by atoms with Gasteiger partial charge in [0.15, 0.2) is 6.29 Å². The second-order valence-corrected chi connectivity index (χ2v) is 3.03. The number of aliphatic imine (C=N–C) groups is 1. The maximum absolute atomic E-state index is 4.97. The van der Waals surface area contributed by atoms with Crippen molar-refractivity contribution in [2.24, 2.45) is 4.99 Å².